The molecule has 1 aliphatic carbocycles. The third-order valence-corrected chi connectivity index (χ3v) is 7.88. The average molecular weight is 496 g/mol. The number of alkyl halides is 1. The highest BCUT2D eigenvalue weighted by molar-refractivity contribution is 5.75. The molecule has 1 atom stereocenters. The Kier molecular flexibility index (Phi) is 6.66. The number of hydrogen-bond acceptors (Lipinski definition) is 6. The van der Waals surface area contributed by atoms with Crippen LogP contribution < -0.4 is 10.2 Å². The summed E-state index contributed by atoms with van der Waals surface area (Å²) >= 11 is 0. The minimum atomic E-state index is -0.512. The van der Waals surface area contributed by atoms with E-state index < -0.39 is 5.60 Å². The summed E-state index contributed by atoms with van der Waals surface area (Å²) in [6.07, 6.45) is 5.25. The molecule has 0 unspecified atom stereocenters. The number of fused-ring (bicyclic) bond motifs is 3. The zero-order chi connectivity index (χ0) is 25.5. The van der Waals surface area contributed by atoms with Crippen molar-refractivity contribution < 1.29 is 13.9 Å². The molecule has 0 radical (unpaired) electrons. The Labute approximate surface area is 213 Å². The Bertz CT molecular complexity index is 1120. The Morgan fingerprint density at radius 3 is 2.75 bits per heavy atom. The molecule has 8 heteroatoms. The van der Waals surface area contributed by atoms with Crippen LogP contribution in [0.15, 0.2) is 24.5 Å². The SMILES string of the molecule is C[C@@H]1CCc2ncnc(N3CC4(CCN(C(=O)OC(C)(C)C)CC4)c4c(CNCCF)cccc43)c21. The Morgan fingerprint density at radius 2 is 2.03 bits per heavy atom. The number of benzene rings is 1. The molecule has 0 bridgehead atoms. The van der Waals surface area contributed by atoms with Crippen molar-refractivity contribution in [3.05, 3.63) is 46.9 Å². The van der Waals surface area contributed by atoms with Crippen molar-refractivity contribution in [2.45, 2.75) is 76.9 Å². The first-order valence-corrected chi connectivity index (χ1v) is 13.2. The topological polar surface area (TPSA) is 70.6 Å². The van der Waals surface area contributed by atoms with Crippen LogP contribution in [-0.4, -0.2) is 59.4 Å². The lowest BCUT2D eigenvalue weighted by Gasteiger charge is -2.41. The summed E-state index contributed by atoms with van der Waals surface area (Å²) in [5.41, 5.74) is 5.51. The standard InChI is InChI=1S/C28H38FN5O2/c1-19-8-9-21-23(19)25(32-18-31-21)34-17-28(10-14-33(15-11-28)26(35)36-27(2,3)4)24-20(16-30-13-12-29)6-5-7-22(24)34/h5-7,18-19,30H,8-17H2,1-4H3/t19-/m1/s1. The van der Waals surface area contributed by atoms with Gasteiger partial charge in [-0.05, 0) is 69.6 Å². The molecule has 1 fully saturated rings. The highest BCUT2D eigenvalue weighted by Crippen LogP contribution is 2.52. The van der Waals surface area contributed by atoms with Gasteiger partial charge >= 0.3 is 6.09 Å². The minimum Gasteiger partial charge on any atom is -0.444 e. The first kappa shape index (κ1) is 24.9. The molecule has 3 aliphatic rings. The van der Waals surface area contributed by atoms with Crippen molar-refractivity contribution in [1.82, 2.24) is 20.2 Å². The van der Waals surface area contributed by atoms with Gasteiger partial charge in [-0.15, -0.1) is 0 Å². The molecular formula is C28H38FN5O2. The number of likely N-dealkylation sites (tertiary alicyclic amines) is 1. The van der Waals surface area contributed by atoms with Crippen LogP contribution in [0.3, 0.4) is 0 Å². The largest absolute Gasteiger partial charge is 0.444 e. The monoisotopic (exact) mass is 495 g/mol. The quantitative estimate of drug-likeness (QED) is 0.589. The minimum absolute atomic E-state index is 0.110. The van der Waals surface area contributed by atoms with E-state index in [2.05, 4.69) is 40.3 Å². The van der Waals surface area contributed by atoms with Crippen LogP contribution in [0.4, 0.5) is 20.7 Å². The van der Waals surface area contributed by atoms with Crippen molar-refractivity contribution in [3.63, 3.8) is 0 Å². The maximum Gasteiger partial charge on any atom is 0.410 e. The van der Waals surface area contributed by atoms with E-state index in [-0.39, 0.29) is 18.2 Å². The van der Waals surface area contributed by atoms with Crippen LogP contribution in [0.5, 0.6) is 0 Å². The first-order valence-electron chi connectivity index (χ1n) is 13.2. The molecule has 1 aromatic carbocycles. The third-order valence-electron chi connectivity index (χ3n) is 7.88. The predicted octanol–water partition coefficient (Wildman–Crippen LogP) is 5.01. The lowest BCUT2D eigenvalue weighted by Crippen LogP contribution is -2.48. The van der Waals surface area contributed by atoms with Gasteiger partial charge in [0, 0.05) is 55.1 Å². The molecule has 0 saturated carbocycles. The van der Waals surface area contributed by atoms with Crippen LogP contribution >= 0.6 is 0 Å². The van der Waals surface area contributed by atoms with Crippen molar-refractivity contribution >= 4 is 17.6 Å². The number of hydrogen-bond donors (Lipinski definition) is 1. The molecule has 2 aliphatic heterocycles. The fourth-order valence-corrected chi connectivity index (χ4v) is 6.21. The van der Waals surface area contributed by atoms with Gasteiger partial charge < -0.3 is 19.9 Å². The normalized spacial score (nSPS) is 20.5. The molecule has 1 N–H and O–H groups in total. The third kappa shape index (κ3) is 4.56. The van der Waals surface area contributed by atoms with E-state index in [1.807, 2.05) is 25.7 Å². The zero-order valence-electron chi connectivity index (χ0n) is 21.9. The molecule has 36 heavy (non-hydrogen) atoms. The van der Waals surface area contributed by atoms with Crippen LogP contribution in [0, 0.1) is 0 Å². The number of carbonyl (C=O) groups excluding carboxylic acids is 1. The van der Waals surface area contributed by atoms with Gasteiger partial charge in [-0.1, -0.05) is 19.1 Å². The number of aryl methyl sites for hydroxylation is 1. The van der Waals surface area contributed by atoms with Crippen molar-refractivity contribution in [2.75, 3.05) is 37.8 Å². The summed E-state index contributed by atoms with van der Waals surface area (Å²) in [5, 5.41) is 3.26. The Balaban J connectivity index is 1.50. The van der Waals surface area contributed by atoms with Gasteiger partial charge in [0.05, 0.1) is 0 Å². The number of rotatable bonds is 5. The Morgan fingerprint density at radius 1 is 1.25 bits per heavy atom. The number of anilines is 2. The maximum absolute atomic E-state index is 12.9. The van der Waals surface area contributed by atoms with Gasteiger partial charge in [0.25, 0.3) is 0 Å². The van der Waals surface area contributed by atoms with Gasteiger partial charge in [-0.25, -0.2) is 19.2 Å². The smallest absolute Gasteiger partial charge is 0.410 e. The molecule has 7 nitrogen and oxygen atoms in total. The summed E-state index contributed by atoms with van der Waals surface area (Å²) < 4.78 is 18.5. The van der Waals surface area contributed by atoms with Crippen molar-refractivity contribution in [1.29, 1.82) is 0 Å². The number of piperidine rings is 1. The molecular weight excluding hydrogens is 457 g/mol. The summed E-state index contributed by atoms with van der Waals surface area (Å²) in [4.78, 5) is 26.4. The molecule has 1 amide bonds. The highest BCUT2D eigenvalue weighted by Gasteiger charge is 2.48. The van der Waals surface area contributed by atoms with Gasteiger partial charge in [0.1, 0.15) is 24.4 Å². The molecule has 1 spiro atoms. The number of nitrogens with zero attached hydrogens (tertiary/aromatic N) is 4. The number of carbonyl (C=O) groups is 1. The lowest BCUT2D eigenvalue weighted by molar-refractivity contribution is 0.0170. The fraction of sp³-hybridized carbons (Fsp3) is 0.607. The maximum atomic E-state index is 12.9. The van der Waals surface area contributed by atoms with E-state index in [0.29, 0.717) is 32.1 Å². The predicted molar refractivity (Wildman–Crippen MR) is 139 cm³/mol. The van der Waals surface area contributed by atoms with Gasteiger partial charge in [0.15, 0.2) is 0 Å². The fourth-order valence-electron chi connectivity index (χ4n) is 6.21. The van der Waals surface area contributed by atoms with E-state index in [1.165, 1.54) is 22.4 Å². The van der Waals surface area contributed by atoms with E-state index in [1.54, 1.807) is 6.33 Å². The lowest BCUT2D eigenvalue weighted by atomic mass is 9.72. The van der Waals surface area contributed by atoms with E-state index in [0.717, 1.165) is 43.7 Å². The van der Waals surface area contributed by atoms with Crippen LogP contribution in [0.25, 0.3) is 0 Å². The zero-order valence-corrected chi connectivity index (χ0v) is 21.9. The van der Waals surface area contributed by atoms with E-state index >= 15 is 0 Å². The van der Waals surface area contributed by atoms with Gasteiger partial charge in [-0.2, -0.15) is 0 Å². The van der Waals surface area contributed by atoms with Crippen molar-refractivity contribution in [2.24, 2.45) is 0 Å². The van der Waals surface area contributed by atoms with Gasteiger partial charge in [-0.3, -0.25) is 0 Å². The number of nitrogens with one attached hydrogen (secondary N) is 1. The van der Waals surface area contributed by atoms with E-state index in [4.69, 9.17) is 9.72 Å². The molecule has 1 saturated heterocycles. The van der Waals surface area contributed by atoms with Crippen LogP contribution in [0.2, 0.25) is 0 Å². The van der Waals surface area contributed by atoms with Crippen molar-refractivity contribution in [3.8, 4) is 0 Å². The molecule has 194 valence electrons. The summed E-state index contributed by atoms with van der Waals surface area (Å²) in [7, 11) is 0. The summed E-state index contributed by atoms with van der Waals surface area (Å²) in [6.45, 7) is 10.7. The number of halogens is 1. The van der Waals surface area contributed by atoms with Crippen LogP contribution in [-0.2, 0) is 23.1 Å². The van der Waals surface area contributed by atoms with Gasteiger partial charge in [0.2, 0.25) is 0 Å². The molecule has 2 aromatic rings. The Hall–Kier alpha value is -2.74. The number of aromatic nitrogens is 2. The number of amides is 1. The van der Waals surface area contributed by atoms with E-state index in [9.17, 15) is 9.18 Å². The highest BCUT2D eigenvalue weighted by atomic mass is 19.1. The average Bonchev–Trinajstić information content (AvgIpc) is 3.38. The number of ether oxygens (including phenoxy) is 1. The second-order valence-electron chi connectivity index (χ2n) is 11.5. The molecule has 1 aromatic heterocycles. The summed E-state index contributed by atoms with van der Waals surface area (Å²) in [5.74, 6) is 1.45. The second-order valence-corrected chi connectivity index (χ2v) is 11.5. The first-order chi connectivity index (χ1) is 17.2. The van der Waals surface area contributed by atoms with Crippen LogP contribution in [0.1, 0.15) is 75.3 Å². The molecule has 5 rings (SSSR count). The second kappa shape index (κ2) is 9.61. The molecule has 3 heterocycles. The summed E-state index contributed by atoms with van der Waals surface area (Å²) in [6, 6.07) is 6.44.